The molecule has 1 saturated heterocycles. The number of hydrogen-bond acceptors (Lipinski definition) is 5. The van der Waals surface area contributed by atoms with Gasteiger partial charge in [0.15, 0.2) is 0 Å². The number of H-pyrrole nitrogens is 1. The van der Waals surface area contributed by atoms with Crippen molar-refractivity contribution in [1.29, 1.82) is 0 Å². The van der Waals surface area contributed by atoms with Gasteiger partial charge in [0, 0.05) is 32.1 Å². The van der Waals surface area contributed by atoms with Gasteiger partial charge < -0.3 is 15.0 Å². The monoisotopic (exact) mass is 350 g/mol. The van der Waals surface area contributed by atoms with Gasteiger partial charge in [-0.2, -0.15) is 0 Å². The van der Waals surface area contributed by atoms with Gasteiger partial charge in [-0.1, -0.05) is 12.1 Å². The third kappa shape index (κ3) is 4.64. The molecule has 1 aliphatic heterocycles. The maximum atomic E-state index is 12.3. The average molecular weight is 350 g/mol. The summed E-state index contributed by atoms with van der Waals surface area (Å²) in [5, 5.41) is 3.25. The highest BCUT2D eigenvalue weighted by Crippen LogP contribution is 2.14. The first-order valence-electron chi connectivity index (χ1n) is 8.03. The number of benzene rings is 1. The van der Waals surface area contributed by atoms with Gasteiger partial charge in [-0.05, 0) is 30.5 Å². The van der Waals surface area contributed by atoms with Crippen LogP contribution in [0.4, 0.5) is 0 Å². The Kier molecular flexibility index (Phi) is 5.62. The maximum absolute atomic E-state index is 12.3. The number of hydrogen-bond donors (Lipinski definition) is 3. The molecule has 8 heteroatoms. The van der Waals surface area contributed by atoms with Gasteiger partial charge in [0.2, 0.25) is 10.0 Å². The molecule has 1 aliphatic rings. The third-order valence-corrected chi connectivity index (χ3v) is 5.37. The zero-order chi connectivity index (χ0) is 16.8. The predicted octanol–water partition coefficient (Wildman–Crippen LogP) is 1.16. The summed E-state index contributed by atoms with van der Waals surface area (Å²) in [4.78, 5) is 7.42. The summed E-state index contributed by atoms with van der Waals surface area (Å²) >= 11 is 0. The molecular formula is C16H22N4O3S. The molecule has 0 aliphatic carbocycles. The molecule has 1 atom stereocenters. The van der Waals surface area contributed by atoms with Crippen molar-refractivity contribution >= 4 is 10.0 Å². The molecule has 0 amide bonds. The number of imidazole rings is 1. The zero-order valence-corrected chi connectivity index (χ0v) is 14.2. The van der Waals surface area contributed by atoms with E-state index < -0.39 is 10.0 Å². The second-order valence-electron chi connectivity index (χ2n) is 5.77. The van der Waals surface area contributed by atoms with Crippen LogP contribution in [-0.2, 0) is 27.8 Å². The Balaban J connectivity index is 1.50. The summed E-state index contributed by atoms with van der Waals surface area (Å²) in [6.07, 6.45) is 5.37. The van der Waals surface area contributed by atoms with Crippen LogP contribution in [-0.4, -0.2) is 37.6 Å². The van der Waals surface area contributed by atoms with Crippen LogP contribution in [0.25, 0.3) is 0 Å². The number of ether oxygens (including phenoxy) is 1. The van der Waals surface area contributed by atoms with Crippen LogP contribution in [0.2, 0.25) is 0 Å². The zero-order valence-electron chi connectivity index (χ0n) is 13.4. The standard InChI is InChI=1S/C16H22N4O3S/c21-24(22,20-11-14-2-1-9-23-14)15-5-3-13(4-6-15)10-17-12-16-18-7-8-19-16/h3-8,14,17,20H,1-2,9-12H2,(H,18,19). The molecule has 2 aromatic rings. The summed E-state index contributed by atoms with van der Waals surface area (Å²) in [7, 11) is -3.49. The fraction of sp³-hybridized carbons (Fsp3) is 0.438. The van der Waals surface area contributed by atoms with Gasteiger partial charge in [0.25, 0.3) is 0 Å². The quantitative estimate of drug-likeness (QED) is 0.664. The molecule has 0 radical (unpaired) electrons. The molecule has 2 heterocycles. The Labute approximate surface area is 141 Å². The van der Waals surface area contributed by atoms with Crippen LogP contribution >= 0.6 is 0 Å². The predicted molar refractivity (Wildman–Crippen MR) is 89.7 cm³/mol. The third-order valence-electron chi connectivity index (χ3n) is 3.94. The minimum Gasteiger partial charge on any atom is -0.377 e. The van der Waals surface area contributed by atoms with E-state index in [1.807, 2.05) is 12.1 Å². The number of sulfonamides is 1. The first-order chi connectivity index (χ1) is 11.6. The molecule has 0 spiro atoms. The molecule has 3 rings (SSSR count). The van der Waals surface area contributed by atoms with Crippen molar-refractivity contribution < 1.29 is 13.2 Å². The molecule has 3 N–H and O–H groups in total. The summed E-state index contributed by atoms with van der Waals surface area (Å²) in [6, 6.07) is 6.88. The largest absolute Gasteiger partial charge is 0.377 e. The fourth-order valence-electron chi connectivity index (χ4n) is 2.60. The number of nitrogens with one attached hydrogen (secondary N) is 3. The van der Waals surface area contributed by atoms with Crippen LogP contribution in [0.5, 0.6) is 0 Å². The Morgan fingerprint density at radius 2 is 2.08 bits per heavy atom. The molecule has 1 aromatic carbocycles. The molecule has 130 valence electrons. The molecular weight excluding hydrogens is 328 g/mol. The lowest BCUT2D eigenvalue weighted by atomic mass is 10.2. The maximum Gasteiger partial charge on any atom is 0.240 e. The van der Waals surface area contributed by atoms with Crippen molar-refractivity contribution in [3.8, 4) is 0 Å². The van der Waals surface area contributed by atoms with Crippen molar-refractivity contribution in [3.05, 3.63) is 48.0 Å². The second kappa shape index (κ2) is 7.89. The van der Waals surface area contributed by atoms with Gasteiger partial charge in [0.05, 0.1) is 17.5 Å². The van der Waals surface area contributed by atoms with Crippen LogP contribution < -0.4 is 10.0 Å². The van der Waals surface area contributed by atoms with E-state index in [1.54, 1.807) is 24.5 Å². The summed E-state index contributed by atoms with van der Waals surface area (Å²) in [5.41, 5.74) is 1.01. The minimum atomic E-state index is -3.49. The Morgan fingerprint density at radius 3 is 2.75 bits per heavy atom. The van der Waals surface area contributed by atoms with Crippen molar-refractivity contribution in [1.82, 2.24) is 20.0 Å². The highest BCUT2D eigenvalue weighted by atomic mass is 32.2. The van der Waals surface area contributed by atoms with Crippen LogP contribution in [0.3, 0.4) is 0 Å². The molecule has 7 nitrogen and oxygen atoms in total. The van der Waals surface area contributed by atoms with E-state index in [4.69, 9.17) is 4.74 Å². The number of rotatable bonds is 8. The Hall–Kier alpha value is -1.74. The number of nitrogens with zero attached hydrogens (tertiary/aromatic N) is 1. The van der Waals surface area contributed by atoms with Gasteiger partial charge in [-0.15, -0.1) is 0 Å². The van der Waals surface area contributed by atoms with E-state index in [9.17, 15) is 8.42 Å². The SMILES string of the molecule is O=S(=O)(NCC1CCCO1)c1ccc(CNCc2ncc[nH]2)cc1. The molecule has 0 saturated carbocycles. The number of aromatic amines is 1. The number of aromatic nitrogens is 2. The molecule has 1 fully saturated rings. The Morgan fingerprint density at radius 1 is 1.25 bits per heavy atom. The van der Waals surface area contributed by atoms with E-state index in [1.165, 1.54) is 0 Å². The normalized spacial score (nSPS) is 18.1. The lowest BCUT2D eigenvalue weighted by molar-refractivity contribution is 0.114. The van der Waals surface area contributed by atoms with Crippen molar-refractivity contribution in [2.45, 2.75) is 36.9 Å². The highest BCUT2D eigenvalue weighted by molar-refractivity contribution is 7.89. The van der Waals surface area contributed by atoms with E-state index in [0.717, 1.165) is 24.2 Å². The Bertz CT molecular complexity index is 723. The molecule has 0 bridgehead atoms. The lowest BCUT2D eigenvalue weighted by Gasteiger charge is -2.12. The van der Waals surface area contributed by atoms with Crippen LogP contribution in [0.1, 0.15) is 24.2 Å². The average Bonchev–Trinajstić information content (AvgIpc) is 3.27. The topological polar surface area (TPSA) is 96.1 Å². The van der Waals surface area contributed by atoms with E-state index in [0.29, 0.717) is 26.2 Å². The smallest absolute Gasteiger partial charge is 0.240 e. The summed E-state index contributed by atoms with van der Waals surface area (Å²) < 4.78 is 32.6. The van der Waals surface area contributed by atoms with Crippen LogP contribution in [0.15, 0.2) is 41.6 Å². The van der Waals surface area contributed by atoms with Crippen LogP contribution in [0, 0.1) is 0 Å². The molecule has 24 heavy (non-hydrogen) atoms. The summed E-state index contributed by atoms with van der Waals surface area (Å²) in [5.74, 6) is 0.868. The van der Waals surface area contributed by atoms with Gasteiger partial charge >= 0.3 is 0 Å². The molecule has 1 aromatic heterocycles. The van der Waals surface area contributed by atoms with Gasteiger partial charge in [-0.25, -0.2) is 18.1 Å². The van der Waals surface area contributed by atoms with E-state index in [2.05, 4.69) is 20.0 Å². The van der Waals surface area contributed by atoms with Crippen molar-refractivity contribution in [3.63, 3.8) is 0 Å². The van der Waals surface area contributed by atoms with E-state index >= 15 is 0 Å². The molecule has 1 unspecified atom stereocenters. The first kappa shape index (κ1) is 17.1. The minimum absolute atomic E-state index is 0.00940. The van der Waals surface area contributed by atoms with E-state index in [-0.39, 0.29) is 11.0 Å². The summed E-state index contributed by atoms with van der Waals surface area (Å²) in [6.45, 7) is 2.32. The van der Waals surface area contributed by atoms with Gasteiger partial charge in [-0.3, -0.25) is 0 Å². The second-order valence-corrected chi connectivity index (χ2v) is 7.54. The fourth-order valence-corrected chi connectivity index (χ4v) is 3.66. The van der Waals surface area contributed by atoms with Crippen molar-refractivity contribution in [2.24, 2.45) is 0 Å². The highest BCUT2D eigenvalue weighted by Gasteiger charge is 2.20. The van der Waals surface area contributed by atoms with Gasteiger partial charge in [0.1, 0.15) is 5.82 Å². The first-order valence-corrected chi connectivity index (χ1v) is 9.51. The lowest BCUT2D eigenvalue weighted by Crippen LogP contribution is -2.31. The van der Waals surface area contributed by atoms with Crippen molar-refractivity contribution in [2.75, 3.05) is 13.2 Å².